The molecule has 1 rings (SSSR count). The van der Waals surface area contributed by atoms with E-state index in [1.54, 1.807) is 0 Å². The number of hydrogen-bond donors (Lipinski definition) is 1. The van der Waals surface area contributed by atoms with Gasteiger partial charge in [0.2, 0.25) is 0 Å². The van der Waals surface area contributed by atoms with E-state index in [-0.39, 0.29) is 0 Å². The molecule has 0 spiro atoms. The molecule has 0 bridgehead atoms. The lowest BCUT2D eigenvalue weighted by Crippen LogP contribution is -2.40. The Hall–Kier alpha value is -0.0800. The fourth-order valence-corrected chi connectivity index (χ4v) is 2.87. The predicted octanol–water partition coefficient (Wildman–Crippen LogP) is 4.00. The fraction of sp³-hybridized carbons (Fsp3) is 1.00. The van der Waals surface area contributed by atoms with E-state index >= 15 is 0 Å². The van der Waals surface area contributed by atoms with Gasteiger partial charge in [0.05, 0.1) is 0 Å². The van der Waals surface area contributed by atoms with Gasteiger partial charge in [0.25, 0.3) is 0 Å². The van der Waals surface area contributed by atoms with Crippen LogP contribution in [0.2, 0.25) is 0 Å². The lowest BCUT2D eigenvalue weighted by molar-refractivity contribution is 0.00892. The summed E-state index contributed by atoms with van der Waals surface area (Å²) >= 11 is 0. The van der Waals surface area contributed by atoms with Crippen molar-refractivity contribution >= 4 is 0 Å². The van der Waals surface area contributed by atoms with Crippen molar-refractivity contribution in [2.75, 3.05) is 26.3 Å². The molecular weight excluding hydrogens is 222 g/mol. The molecule has 2 heteroatoms. The highest BCUT2D eigenvalue weighted by Crippen LogP contribution is 2.35. The second-order valence-corrected chi connectivity index (χ2v) is 6.45. The maximum Gasteiger partial charge on any atom is 0.0471 e. The van der Waals surface area contributed by atoms with Crippen LogP contribution in [-0.4, -0.2) is 26.3 Å². The van der Waals surface area contributed by atoms with Gasteiger partial charge in [0, 0.05) is 19.8 Å². The molecular formula is C16H33NO. The monoisotopic (exact) mass is 255 g/mol. The van der Waals surface area contributed by atoms with Crippen molar-refractivity contribution in [1.29, 1.82) is 0 Å². The summed E-state index contributed by atoms with van der Waals surface area (Å²) in [6.07, 6.45) is 9.43. The third-order valence-corrected chi connectivity index (χ3v) is 4.17. The largest absolute Gasteiger partial charge is 0.381 e. The molecule has 0 atom stereocenters. The summed E-state index contributed by atoms with van der Waals surface area (Å²) in [6.45, 7) is 11.1. The third-order valence-electron chi connectivity index (χ3n) is 4.17. The standard InChI is InChI=1S/C16H33NO/c1-4-5-6-7-8-16(9-11-18-12-10-16)14-17-13-15(2)3/h15,17H,4-14H2,1-3H3. The van der Waals surface area contributed by atoms with Gasteiger partial charge in [-0.05, 0) is 37.1 Å². The number of ether oxygens (including phenoxy) is 1. The summed E-state index contributed by atoms with van der Waals surface area (Å²) in [5.41, 5.74) is 0.529. The Kier molecular flexibility index (Phi) is 7.92. The summed E-state index contributed by atoms with van der Waals surface area (Å²) in [5.74, 6) is 0.752. The van der Waals surface area contributed by atoms with Crippen molar-refractivity contribution in [3.05, 3.63) is 0 Å². The number of unbranched alkanes of at least 4 members (excludes halogenated alkanes) is 3. The van der Waals surface area contributed by atoms with E-state index in [1.807, 2.05) is 0 Å². The van der Waals surface area contributed by atoms with Gasteiger partial charge in [-0.2, -0.15) is 0 Å². The van der Waals surface area contributed by atoms with Gasteiger partial charge in [0.1, 0.15) is 0 Å². The van der Waals surface area contributed by atoms with Gasteiger partial charge in [-0.3, -0.25) is 0 Å². The predicted molar refractivity (Wildman–Crippen MR) is 79.0 cm³/mol. The average Bonchev–Trinajstić information content (AvgIpc) is 2.36. The van der Waals surface area contributed by atoms with Crippen molar-refractivity contribution in [2.45, 2.75) is 65.7 Å². The van der Waals surface area contributed by atoms with E-state index in [0.29, 0.717) is 5.41 Å². The topological polar surface area (TPSA) is 21.3 Å². The van der Waals surface area contributed by atoms with Gasteiger partial charge < -0.3 is 10.1 Å². The average molecular weight is 255 g/mol. The maximum absolute atomic E-state index is 5.55. The first kappa shape index (κ1) is 16.0. The molecule has 0 aliphatic carbocycles. The first-order valence-corrected chi connectivity index (χ1v) is 7.97. The molecule has 1 saturated heterocycles. The molecule has 1 heterocycles. The Morgan fingerprint density at radius 3 is 2.44 bits per heavy atom. The van der Waals surface area contributed by atoms with Crippen LogP contribution in [0.25, 0.3) is 0 Å². The molecule has 0 saturated carbocycles. The van der Waals surface area contributed by atoms with Crippen molar-refractivity contribution in [1.82, 2.24) is 5.32 Å². The Bertz CT molecular complexity index is 197. The molecule has 0 unspecified atom stereocenters. The first-order chi connectivity index (χ1) is 8.68. The lowest BCUT2D eigenvalue weighted by Gasteiger charge is -2.38. The highest BCUT2D eigenvalue weighted by molar-refractivity contribution is 4.84. The molecule has 0 radical (unpaired) electrons. The molecule has 1 aliphatic rings. The molecule has 0 aromatic carbocycles. The van der Waals surface area contributed by atoms with Crippen LogP contribution in [0, 0.1) is 11.3 Å². The summed E-state index contributed by atoms with van der Waals surface area (Å²) in [6, 6.07) is 0. The summed E-state index contributed by atoms with van der Waals surface area (Å²) < 4.78 is 5.55. The van der Waals surface area contributed by atoms with E-state index in [4.69, 9.17) is 4.74 Å². The van der Waals surface area contributed by atoms with Crippen molar-refractivity contribution in [3.63, 3.8) is 0 Å². The smallest absolute Gasteiger partial charge is 0.0471 e. The normalized spacial score (nSPS) is 19.3. The second-order valence-electron chi connectivity index (χ2n) is 6.45. The molecule has 2 nitrogen and oxygen atoms in total. The van der Waals surface area contributed by atoms with Crippen molar-refractivity contribution < 1.29 is 4.74 Å². The van der Waals surface area contributed by atoms with E-state index in [1.165, 1.54) is 51.5 Å². The zero-order valence-corrected chi connectivity index (χ0v) is 12.8. The zero-order valence-electron chi connectivity index (χ0n) is 12.8. The Balaban J connectivity index is 2.32. The quantitative estimate of drug-likeness (QED) is 0.629. The summed E-state index contributed by atoms with van der Waals surface area (Å²) in [5, 5.41) is 3.68. The number of nitrogens with one attached hydrogen (secondary N) is 1. The SMILES string of the molecule is CCCCCCC1(CNCC(C)C)CCOCC1. The minimum atomic E-state index is 0.529. The van der Waals surface area contributed by atoms with E-state index in [9.17, 15) is 0 Å². The van der Waals surface area contributed by atoms with E-state index in [0.717, 1.165) is 25.7 Å². The van der Waals surface area contributed by atoms with Crippen LogP contribution >= 0.6 is 0 Å². The molecule has 0 aromatic rings. The first-order valence-electron chi connectivity index (χ1n) is 7.97. The van der Waals surface area contributed by atoms with Gasteiger partial charge in [-0.25, -0.2) is 0 Å². The van der Waals surface area contributed by atoms with E-state index in [2.05, 4.69) is 26.1 Å². The molecule has 0 aromatic heterocycles. The van der Waals surface area contributed by atoms with Crippen LogP contribution in [0.15, 0.2) is 0 Å². The molecule has 1 fully saturated rings. The number of hydrogen-bond acceptors (Lipinski definition) is 2. The van der Waals surface area contributed by atoms with Crippen molar-refractivity contribution in [2.24, 2.45) is 11.3 Å². The van der Waals surface area contributed by atoms with Crippen LogP contribution < -0.4 is 5.32 Å². The van der Waals surface area contributed by atoms with Gasteiger partial charge in [-0.15, -0.1) is 0 Å². The van der Waals surface area contributed by atoms with E-state index < -0.39 is 0 Å². The Morgan fingerprint density at radius 1 is 1.11 bits per heavy atom. The highest BCUT2D eigenvalue weighted by atomic mass is 16.5. The van der Waals surface area contributed by atoms with Gasteiger partial charge in [0.15, 0.2) is 0 Å². The van der Waals surface area contributed by atoms with Crippen LogP contribution in [-0.2, 0) is 4.74 Å². The summed E-state index contributed by atoms with van der Waals surface area (Å²) in [7, 11) is 0. The van der Waals surface area contributed by atoms with Gasteiger partial charge in [-0.1, -0.05) is 46.5 Å². The maximum atomic E-state index is 5.55. The Labute approximate surface area is 114 Å². The third kappa shape index (κ3) is 6.19. The van der Waals surface area contributed by atoms with Crippen LogP contribution in [0.1, 0.15) is 65.7 Å². The molecule has 1 N–H and O–H groups in total. The number of rotatable bonds is 9. The Morgan fingerprint density at radius 2 is 1.83 bits per heavy atom. The zero-order chi connectivity index (χ0) is 13.3. The fourth-order valence-electron chi connectivity index (χ4n) is 2.87. The minimum Gasteiger partial charge on any atom is -0.381 e. The highest BCUT2D eigenvalue weighted by Gasteiger charge is 2.31. The minimum absolute atomic E-state index is 0.529. The second kappa shape index (κ2) is 8.92. The van der Waals surface area contributed by atoms with Crippen molar-refractivity contribution in [3.8, 4) is 0 Å². The van der Waals surface area contributed by atoms with Crippen LogP contribution in [0.3, 0.4) is 0 Å². The van der Waals surface area contributed by atoms with Crippen LogP contribution in [0.5, 0.6) is 0 Å². The van der Waals surface area contributed by atoms with Gasteiger partial charge >= 0.3 is 0 Å². The molecule has 108 valence electrons. The summed E-state index contributed by atoms with van der Waals surface area (Å²) in [4.78, 5) is 0. The molecule has 0 amide bonds. The molecule has 1 aliphatic heterocycles. The lowest BCUT2D eigenvalue weighted by atomic mass is 9.75. The van der Waals surface area contributed by atoms with Crippen LogP contribution in [0.4, 0.5) is 0 Å². The molecule has 18 heavy (non-hydrogen) atoms.